The summed E-state index contributed by atoms with van der Waals surface area (Å²) in [6, 6.07) is 7.61. The summed E-state index contributed by atoms with van der Waals surface area (Å²) in [5.41, 5.74) is 1.00. The largest absolute Gasteiger partial charge is 0.497 e. The Kier molecular flexibility index (Phi) is 7.02. The van der Waals surface area contributed by atoms with Gasteiger partial charge in [-0.2, -0.15) is 0 Å². The third kappa shape index (κ3) is 5.01. The van der Waals surface area contributed by atoms with Crippen LogP contribution in [0.5, 0.6) is 5.75 Å². The Hall–Kier alpha value is -3.55. The van der Waals surface area contributed by atoms with Crippen molar-refractivity contribution in [3.63, 3.8) is 0 Å². The highest BCUT2D eigenvalue weighted by Gasteiger charge is 2.26. The lowest BCUT2D eigenvalue weighted by molar-refractivity contribution is -0.145. The second-order valence-corrected chi connectivity index (χ2v) is 7.97. The van der Waals surface area contributed by atoms with Crippen molar-refractivity contribution in [3.8, 4) is 17.1 Å². The number of carbonyl (C=O) groups is 2. The van der Waals surface area contributed by atoms with Gasteiger partial charge in [-0.1, -0.05) is 13.8 Å². The van der Waals surface area contributed by atoms with Crippen molar-refractivity contribution in [2.75, 3.05) is 14.2 Å². The molecule has 1 amide bonds. The third-order valence-corrected chi connectivity index (χ3v) is 5.00. The summed E-state index contributed by atoms with van der Waals surface area (Å²) >= 11 is 0. The first-order valence-electron chi connectivity index (χ1n) is 10.3. The lowest BCUT2D eigenvalue weighted by atomic mass is 10.0. The first kappa shape index (κ1) is 23.1. The molecule has 0 saturated heterocycles. The van der Waals surface area contributed by atoms with Crippen molar-refractivity contribution in [3.05, 3.63) is 51.9 Å². The normalized spacial score (nSPS) is 12.1. The summed E-state index contributed by atoms with van der Waals surface area (Å²) in [6.07, 6.45) is 0.288. The van der Waals surface area contributed by atoms with E-state index in [1.807, 2.05) is 13.8 Å². The molecule has 0 bridgehead atoms. The van der Waals surface area contributed by atoms with Crippen molar-refractivity contribution in [2.24, 2.45) is 5.92 Å². The fraction of sp³-hybridized carbons (Fsp3) is 0.375. The van der Waals surface area contributed by atoms with Crippen LogP contribution in [0.1, 0.15) is 31.6 Å². The molecule has 1 atom stereocenters. The zero-order chi connectivity index (χ0) is 23.4. The van der Waals surface area contributed by atoms with E-state index in [1.165, 1.54) is 13.2 Å². The second-order valence-electron chi connectivity index (χ2n) is 7.97. The van der Waals surface area contributed by atoms with Crippen LogP contribution >= 0.6 is 0 Å². The van der Waals surface area contributed by atoms with E-state index in [0.29, 0.717) is 34.8 Å². The number of amides is 1. The predicted octanol–water partition coefficient (Wildman–Crippen LogP) is 3.62. The highest BCUT2D eigenvalue weighted by Crippen LogP contribution is 2.34. The van der Waals surface area contributed by atoms with Gasteiger partial charge >= 0.3 is 5.97 Å². The third-order valence-electron chi connectivity index (χ3n) is 5.00. The van der Waals surface area contributed by atoms with Gasteiger partial charge in [-0.05, 0) is 43.5 Å². The van der Waals surface area contributed by atoms with Crippen LogP contribution in [0.25, 0.3) is 22.5 Å². The molecule has 1 N–H and O–H groups in total. The SMILES string of the molecule is COC(=O)C(CC(C)C)NC(=O)Cc1c(-c2ccc(OC)cc2)oc2c(=O)cc(C)oc12. The number of esters is 1. The minimum absolute atomic E-state index is 0.0379. The molecule has 32 heavy (non-hydrogen) atoms. The summed E-state index contributed by atoms with van der Waals surface area (Å²) < 4.78 is 21.7. The van der Waals surface area contributed by atoms with E-state index in [1.54, 1.807) is 38.3 Å². The van der Waals surface area contributed by atoms with Crippen molar-refractivity contribution < 1.29 is 27.9 Å². The molecular weight excluding hydrogens is 414 g/mol. The molecule has 1 aromatic carbocycles. The maximum atomic E-state index is 12.9. The Morgan fingerprint density at radius 1 is 1.06 bits per heavy atom. The average molecular weight is 441 g/mol. The summed E-state index contributed by atoms with van der Waals surface area (Å²) in [6.45, 7) is 5.55. The molecule has 0 radical (unpaired) electrons. The summed E-state index contributed by atoms with van der Waals surface area (Å²) in [5.74, 6) is 0.652. The molecule has 8 nitrogen and oxygen atoms in total. The molecule has 0 aliphatic carbocycles. The van der Waals surface area contributed by atoms with Gasteiger partial charge in [0.2, 0.25) is 16.9 Å². The number of hydrogen-bond donors (Lipinski definition) is 1. The average Bonchev–Trinajstić information content (AvgIpc) is 3.10. The minimum atomic E-state index is -0.774. The number of furan rings is 1. The Morgan fingerprint density at radius 2 is 1.75 bits per heavy atom. The minimum Gasteiger partial charge on any atom is -0.497 e. The van der Waals surface area contributed by atoms with Gasteiger partial charge in [0, 0.05) is 11.6 Å². The maximum Gasteiger partial charge on any atom is 0.328 e. The number of ether oxygens (including phenoxy) is 2. The number of benzene rings is 1. The molecule has 0 aliphatic rings. The molecule has 2 heterocycles. The number of aryl methyl sites for hydroxylation is 1. The molecule has 8 heteroatoms. The summed E-state index contributed by atoms with van der Waals surface area (Å²) in [5, 5.41) is 2.73. The van der Waals surface area contributed by atoms with Crippen LogP contribution in [0.4, 0.5) is 0 Å². The topological polar surface area (TPSA) is 108 Å². The van der Waals surface area contributed by atoms with Crippen molar-refractivity contribution in [2.45, 2.75) is 39.7 Å². The molecule has 0 spiro atoms. The lowest BCUT2D eigenvalue weighted by Gasteiger charge is -2.18. The first-order chi connectivity index (χ1) is 15.2. The molecule has 3 rings (SSSR count). The molecular formula is C24H27NO7. The van der Waals surface area contributed by atoms with E-state index in [2.05, 4.69) is 5.32 Å². The smallest absolute Gasteiger partial charge is 0.328 e. The van der Waals surface area contributed by atoms with Crippen LogP contribution in [0, 0.1) is 12.8 Å². The quantitative estimate of drug-likeness (QED) is 0.532. The number of nitrogens with one attached hydrogen (secondary N) is 1. The Balaban J connectivity index is 2.02. The van der Waals surface area contributed by atoms with E-state index < -0.39 is 17.9 Å². The van der Waals surface area contributed by atoms with E-state index in [0.717, 1.165) is 0 Å². The van der Waals surface area contributed by atoms with E-state index in [9.17, 15) is 14.4 Å². The van der Waals surface area contributed by atoms with E-state index in [4.69, 9.17) is 18.3 Å². The molecule has 1 unspecified atom stereocenters. The standard InChI is InChI=1S/C24H27NO7/c1-13(2)10-18(24(28)30-5)25-20(27)12-17-21(15-6-8-16(29-4)9-7-15)32-23-19(26)11-14(3)31-22(17)23/h6-9,11,13,18H,10,12H2,1-5H3,(H,25,27). The Bertz CT molecular complexity index is 1170. The van der Waals surface area contributed by atoms with Crippen molar-refractivity contribution in [1.29, 1.82) is 0 Å². The Labute approximate surface area is 185 Å². The van der Waals surface area contributed by atoms with Gasteiger partial charge in [0.15, 0.2) is 5.58 Å². The summed E-state index contributed by atoms with van der Waals surface area (Å²) in [4.78, 5) is 37.5. The molecule has 0 aliphatic heterocycles. The number of methoxy groups -OCH3 is 2. The van der Waals surface area contributed by atoms with Crippen molar-refractivity contribution in [1.82, 2.24) is 5.32 Å². The van der Waals surface area contributed by atoms with Gasteiger partial charge in [0.05, 0.1) is 26.2 Å². The zero-order valence-electron chi connectivity index (χ0n) is 18.8. The molecule has 0 saturated carbocycles. The maximum absolute atomic E-state index is 12.9. The molecule has 3 aromatic rings. The van der Waals surface area contributed by atoms with Crippen LogP contribution in [0.3, 0.4) is 0 Å². The van der Waals surface area contributed by atoms with Gasteiger partial charge in [0.25, 0.3) is 0 Å². The number of carbonyl (C=O) groups excluding carboxylic acids is 2. The highest BCUT2D eigenvalue weighted by molar-refractivity contribution is 5.91. The number of rotatable bonds is 8. The van der Waals surface area contributed by atoms with Crippen molar-refractivity contribution >= 4 is 23.0 Å². The molecule has 170 valence electrons. The van der Waals surface area contributed by atoms with Crippen LogP contribution in [-0.4, -0.2) is 32.1 Å². The van der Waals surface area contributed by atoms with E-state index in [-0.39, 0.29) is 28.9 Å². The van der Waals surface area contributed by atoms with Gasteiger partial charge in [0.1, 0.15) is 23.3 Å². The van der Waals surface area contributed by atoms with Crippen LogP contribution in [0.2, 0.25) is 0 Å². The second kappa shape index (κ2) is 9.72. The van der Waals surface area contributed by atoms with E-state index >= 15 is 0 Å². The van der Waals surface area contributed by atoms with Gasteiger partial charge in [-0.3, -0.25) is 9.59 Å². The zero-order valence-corrected chi connectivity index (χ0v) is 18.8. The van der Waals surface area contributed by atoms with Gasteiger partial charge in [-0.15, -0.1) is 0 Å². The molecule has 2 aromatic heterocycles. The molecule has 0 fully saturated rings. The number of hydrogen-bond acceptors (Lipinski definition) is 7. The number of fused-ring (bicyclic) bond motifs is 1. The monoisotopic (exact) mass is 441 g/mol. The van der Waals surface area contributed by atoms with Crippen LogP contribution in [-0.2, 0) is 20.7 Å². The fourth-order valence-corrected chi connectivity index (χ4v) is 3.53. The lowest BCUT2D eigenvalue weighted by Crippen LogP contribution is -2.43. The van der Waals surface area contributed by atoms with Gasteiger partial charge < -0.3 is 23.6 Å². The predicted molar refractivity (Wildman–Crippen MR) is 119 cm³/mol. The highest BCUT2D eigenvalue weighted by atomic mass is 16.5. The van der Waals surface area contributed by atoms with Crippen LogP contribution < -0.4 is 15.5 Å². The summed E-state index contributed by atoms with van der Waals surface area (Å²) in [7, 11) is 2.84. The fourth-order valence-electron chi connectivity index (χ4n) is 3.53. The first-order valence-corrected chi connectivity index (χ1v) is 10.3. The van der Waals surface area contributed by atoms with Gasteiger partial charge in [-0.25, -0.2) is 4.79 Å². The van der Waals surface area contributed by atoms with Crippen LogP contribution in [0.15, 0.2) is 44.0 Å². The Morgan fingerprint density at radius 3 is 2.34 bits per heavy atom.